The average Bonchev–Trinajstić information content (AvgIpc) is 2.46. The Kier molecular flexibility index (Phi) is 1.61. The van der Waals surface area contributed by atoms with E-state index in [0.717, 1.165) is 12.1 Å². The van der Waals surface area contributed by atoms with E-state index in [1.165, 1.54) is 5.56 Å². The van der Waals surface area contributed by atoms with Crippen LogP contribution in [0.3, 0.4) is 0 Å². The van der Waals surface area contributed by atoms with Crippen molar-refractivity contribution in [3.63, 3.8) is 0 Å². The van der Waals surface area contributed by atoms with Crippen LogP contribution in [0.5, 0.6) is 0 Å². The van der Waals surface area contributed by atoms with Gasteiger partial charge in [-0.25, -0.2) is 0 Å². The Hall–Kier alpha value is -1.31. The molecule has 0 fully saturated rings. The van der Waals surface area contributed by atoms with Crippen molar-refractivity contribution in [2.24, 2.45) is 0 Å². The first kappa shape index (κ1) is 7.35. The Labute approximate surface area is 71.6 Å². The van der Waals surface area contributed by atoms with E-state index in [-0.39, 0.29) is 11.8 Å². The molecule has 1 atom stereocenters. The number of Topliss-reactive ketones (excluding diaryl/α,β-unsaturated/α-hetero) is 1. The predicted octanol–water partition coefficient (Wildman–Crippen LogP) is 1.61. The van der Waals surface area contributed by atoms with E-state index in [1.807, 2.05) is 18.2 Å². The predicted molar refractivity (Wildman–Crippen MR) is 48.2 cm³/mol. The van der Waals surface area contributed by atoms with E-state index in [4.69, 9.17) is 0 Å². The Bertz CT molecular complexity index is 294. The van der Waals surface area contributed by atoms with Crippen LogP contribution in [-0.2, 0) is 11.2 Å². The van der Waals surface area contributed by atoms with Crippen LogP contribution in [0.2, 0.25) is 0 Å². The molecule has 12 heavy (non-hydrogen) atoms. The number of benzene rings is 1. The molecule has 0 saturated heterocycles. The molecule has 0 unspecified atom stereocenters. The number of nitrogens with one attached hydrogen (secondary N) is 1. The van der Waals surface area contributed by atoms with Gasteiger partial charge < -0.3 is 5.32 Å². The molecule has 0 amide bonds. The minimum atomic E-state index is 0.00222. The molecule has 1 N–H and O–H groups in total. The van der Waals surface area contributed by atoms with E-state index in [9.17, 15) is 4.79 Å². The minimum Gasteiger partial charge on any atom is -0.375 e. The highest BCUT2D eigenvalue weighted by Gasteiger charge is 2.22. The van der Waals surface area contributed by atoms with Gasteiger partial charge >= 0.3 is 0 Å². The first-order chi connectivity index (χ1) is 5.77. The third-order valence-electron chi connectivity index (χ3n) is 2.26. The number of para-hydroxylation sites is 1. The Balaban J connectivity index is 2.27. The summed E-state index contributed by atoms with van der Waals surface area (Å²) in [5, 5.41) is 3.18. The SMILES string of the molecule is CC(=O)[C@@H]1Cc2ccccc2N1. The maximum atomic E-state index is 11.1. The lowest BCUT2D eigenvalue weighted by Gasteiger charge is -2.04. The lowest BCUT2D eigenvalue weighted by Crippen LogP contribution is -2.23. The Morgan fingerprint density at radius 3 is 2.92 bits per heavy atom. The van der Waals surface area contributed by atoms with Crippen molar-refractivity contribution >= 4 is 11.5 Å². The molecule has 1 aliphatic rings. The smallest absolute Gasteiger partial charge is 0.152 e. The van der Waals surface area contributed by atoms with Crippen molar-refractivity contribution in [1.29, 1.82) is 0 Å². The van der Waals surface area contributed by atoms with E-state index >= 15 is 0 Å². The number of ketones is 1. The molecule has 2 rings (SSSR count). The maximum Gasteiger partial charge on any atom is 0.152 e. The van der Waals surface area contributed by atoms with Crippen molar-refractivity contribution in [2.45, 2.75) is 19.4 Å². The largest absolute Gasteiger partial charge is 0.375 e. The molecular formula is C10H11NO. The molecule has 2 nitrogen and oxygen atoms in total. The van der Waals surface area contributed by atoms with Gasteiger partial charge in [0.05, 0.1) is 6.04 Å². The lowest BCUT2D eigenvalue weighted by molar-refractivity contribution is -0.117. The molecule has 0 radical (unpaired) electrons. The lowest BCUT2D eigenvalue weighted by atomic mass is 10.1. The van der Waals surface area contributed by atoms with Crippen LogP contribution in [0.4, 0.5) is 5.69 Å². The fraction of sp³-hybridized carbons (Fsp3) is 0.300. The van der Waals surface area contributed by atoms with Gasteiger partial charge in [-0.05, 0) is 18.6 Å². The molecule has 1 aromatic rings. The third-order valence-corrected chi connectivity index (χ3v) is 2.26. The number of fused-ring (bicyclic) bond motifs is 1. The number of anilines is 1. The van der Waals surface area contributed by atoms with Crippen LogP contribution in [0.15, 0.2) is 24.3 Å². The first-order valence-electron chi connectivity index (χ1n) is 4.12. The summed E-state index contributed by atoms with van der Waals surface area (Å²) in [6.45, 7) is 1.63. The highest BCUT2D eigenvalue weighted by Crippen LogP contribution is 2.25. The highest BCUT2D eigenvalue weighted by molar-refractivity contribution is 5.87. The summed E-state index contributed by atoms with van der Waals surface area (Å²) >= 11 is 0. The Morgan fingerprint density at radius 2 is 2.25 bits per heavy atom. The highest BCUT2D eigenvalue weighted by atomic mass is 16.1. The number of rotatable bonds is 1. The first-order valence-corrected chi connectivity index (χ1v) is 4.12. The fourth-order valence-electron chi connectivity index (χ4n) is 1.54. The normalized spacial score (nSPS) is 19.9. The van der Waals surface area contributed by atoms with E-state index in [0.29, 0.717) is 0 Å². The standard InChI is InChI=1S/C10H11NO/c1-7(12)10-6-8-4-2-3-5-9(8)11-10/h2-5,10-11H,6H2,1H3/t10-/m0/s1. The third kappa shape index (κ3) is 1.09. The van der Waals surface area contributed by atoms with Crippen molar-refractivity contribution < 1.29 is 4.79 Å². The van der Waals surface area contributed by atoms with Crippen molar-refractivity contribution in [1.82, 2.24) is 0 Å². The van der Waals surface area contributed by atoms with Crippen LogP contribution in [0.1, 0.15) is 12.5 Å². The zero-order valence-corrected chi connectivity index (χ0v) is 7.00. The quantitative estimate of drug-likeness (QED) is 0.678. The van der Waals surface area contributed by atoms with E-state index in [1.54, 1.807) is 6.92 Å². The molecule has 62 valence electrons. The van der Waals surface area contributed by atoms with E-state index < -0.39 is 0 Å². The minimum absolute atomic E-state index is 0.00222. The molecule has 0 spiro atoms. The molecule has 1 aromatic carbocycles. The van der Waals surface area contributed by atoms with Crippen molar-refractivity contribution in [3.8, 4) is 0 Å². The van der Waals surface area contributed by atoms with Gasteiger partial charge in [0.2, 0.25) is 0 Å². The summed E-state index contributed by atoms with van der Waals surface area (Å²) in [5.74, 6) is 0.214. The summed E-state index contributed by atoms with van der Waals surface area (Å²) < 4.78 is 0. The van der Waals surface area contributed by atoms with Crippen LogP contribution < -0.4 is 5.32 Å². The zero-order valence-electron chi connectivity index (χ0n) is 7.00. The number of carbonyl (C=O) groups excluding carboxylic acids is 1. The topological polar surface area (TPSA) is 29.1 Å². The summed E-state index contributed by atoms with van der Waals surface area (Å²) in [6, 6.07) is 8.06. The Morgan fingerprint density at radius 1 is 1.50 bits per heavy atom. The molecule has 2 heteroatoms. The molecule has 0 aliphatic carbocycles. The fourth-order valence-corrected chi connectivity index (χ4v) is 1.54. The number of hydrogen-bond donors (Lipinski definition) is 1. The van der Waals surface area contributed by atoms with Gasteiger partial charge in [0.15, 0.2) is 5.78 Å². The van der Waals surface area contributed by atoms with Crippen LogP contribution in [0.25, 0.3) is 0 Å². The average molecular weight is 161 g/mol. The second-order valence-corrected chi connectivity index (χ2v) is 3.17. The summed E-state index contributed by atoms with van der Waals surface area (Å²) in [5.41, 5.74) is 2.36. The summed E-state index contributed by atoms with van der Waals surface area (Å²) in [4.78, 5) is 11.1. The van der Waals surface area contributed by atoms with Gasteiger partial charge in [-0.2, -0.15) is 0 Å². The zero-order chi connectivity index (χ0) is 8.55. The maximum absolute atomic E-state index is 11.1. The van der Waals surface area contributed by atoms with Crippen molar-refractivity contribution in [3.05, 3.63) is 29.8 Å². The molecular weight excluding hydrogens is 150 g/mol. The molecule has 1 heterocycles. The van der Waals surface area contributed by atoms with Gasteiger partial charge in [-0.3, -0.25) is 4.79 Å². The van der Waals surface area contributed by atoms with Crippen LogP contribution >= 0.6 is 0 Å². The van der Waals surface area contributed by atoms with Crippen LogP contribution in [-0.4, -0.2) is 11.8 Å². The summed E-state index contributed by atoms with van der Waals surface area (Å²) in [6.07, 6.45) is 0.839. The van der Waals surface area contributed by atoms with Crippen molar-refractivity contribution in [2.75, 3.05) is 5.32 Å². The number of hydrogen-bond acceptors (Lipinski definition) is 2. The molecule has 1 aliphatic heterocycles. The summed E-state index contributed by atoms with van der Waals surface area (Å²) in [7, 11) is 0. The number of carbonyl (C=O) groups is 1. The molecule has 0 bridgehead atoms. The van der Waals surface area contributed by atoms with Gasteiger partial charge in [0, 0.05) is 12.1 Å². The van der Waals surface area contributed by atoms with Crippen LogP contribution in [0, 0.1) is 0 Å². The van der Waals surface area contributed by atoms with Gasteiger partial charge in [-0.15, -0.1) is 0 Å². The van der Waals surface area contributed by atoms with Gasteiger partial charge in [0.25, 0.3) is 0 Å². The molecule has 0 aromatic heterocycles. The second kappa shape index (κ2) is 2.63. The van der Waals surface area contributed by atoms with Gasteiger partial charge in [-0.1, -0.05) is 18.2 Å². The van der Waals surface area contributed by atoms with Gasteiger partial charge in [0.1, 0.15) is 0 Å². The van der Waals surface area contributed by atoms with E-state index in [2.05, 4.69) is 11.4 Å². The second-order valence-electron chi connectivity index (χ2n) is 3.17. The molecule has 0 saturated carbocycles. The monoisotopic (exact) mass is 161 g/mol.